The van der Waals surface area contributed by atoms with E-state index in [1.807, 2.05) is 54.6 Å². The summed E-state index contributed by atoms with van der Waals surface area (Å²) in [6, 6.07) is 24.5. The number of nitrogen functional groups attached to an aromatic ring is 1. The smallest absolute Gasteiger partial charge is 0.427 e. The number of oxime groups is 1. The van der Waals surface area contributed by atoms with Gasteiger partial charge in [0.25, 0.3) is 11.8 Å². The van der Waals surface area contributed by atoms with Crippen LogP contribution < -0.4 is 11.1 Å². The third-order valence-electron chi connectivity index (χ3n) is 9.04. The van der Waals surface area contributed by atoms with Crippen LogP contribution in [-0.4, -0.2) is 76.5 Å². The molecule has 0 saturated carbocycles. The van der Waals surface area contributed by atoms with E-state index in [0.717, 1.165) is 11.5 Å². The number of halogens is 3. The Balaban J connectivity index is 1.34. The monoisotopic (exact) mass is 856 g/mol. The maximum absolute atomic E-state index is 14.2. The highest BCUT2D eigenvalue weighted by atomic mass is 32.2. The third kappa shape index (κ3) is 8.60. The summed E-state index contributed by atoms with van der Waals surface area (Å²) >= 11 is 0.742. The van der Waals surface area contributed by atoms with Gasteiger partial charge >= 0.3 is 27.6 Å². The first-order valence-electron chi connectivity index (χ1n) is 17.6. The van der Waals surface area contributed by atoms with Crippen molar-refractivity contribution in [3.05, 3.63) is 125 Å². The number of carbonyl (C=O) groups excluding carboxylic acids is 4. The van der Waals surface area contributed by atoms with Crippen molar-refractivity contribution in [1.29, 1.82) is 0 Å². The molecule has 0 radical (unpaired) electrons. The number of allylic oxidation sites excluding steroid dienone is 1. The van der Waals surface area contributed by atoms with Crippen LogP contribution in [0.4, 0.5) is 18.3 Å². The Bertz CT molecular complexity index is 2310. The van der Waals surface area contributed by atoms with Crippen LogP contribution in [0, 0.1) is 5.41 Å². The zero-order valence-corrected chi connectivity index (χ0v) is 33.0. The molecule has 1 aromatic heterocycles. The van der Waals surface area contributed by atoms with Crippen molar-refractivity contribution in [3.8, 4) is 0 Å². The summed E-state index contributed by atoms with van der Waals surface area (Å²) in [7, 11) is -6.31. The van der Waals surface area contributed by atoms with Crippen molar-refractivity contribution >= 4 is 56.2 Å². The number of benzene rings is 3. The first-order chi connectivity index (χ1) is 27.8. The van der Waals surface area contributed by atoms with Gasteiger partial charge in [-0.15, -0.1) is 0 Å². The molecule has 59 heavy (non-hydrogen) atoms. The summed E-state index contributed by atoms with van der Waals surface area (Å²) in [5.41, 5.74) is -2.21. The van der Waals surface area contributed by atoms with Crippen LogP contribution in [0.1, 0.15) is 56.1 Å². The van der Waals surface area contributed by atoms with Gasteiger partial charge in [0, 0.05) is 34.6 Å². The van der Waals surface area contributed by atoms with Crippen LogP contribution >= 0.6 is 11.5 Å². The van der Waals surface area contributed by atoms with Gasteiger partial charge in [-0.3, -0.25) is 19.3 Å². The lowest BCUT2D eigenvalue weighted by Crippen LogP contribution is -2.72. The molecule has 1 saturated heterocycles. The van der Waals surface area contributed by atoms with E-state index in [2.05, 4.69) is 24.0 Å². The SMILES string of the molecule is CC(C)(C)C(=O)OCOC(=O)C1=C(OS(=O)(=O)C(F)(F)F)CCC2C(NC(=O)C(=NOC(c3ccccc3)(c3ccccc3)c3ccccc3)c3nsc(N)n3)C(=O)N12. The number of β-lactam (4-membered cyclic amide) rings is 1. The number of nitrogens with zero attached hydrogens (tertiary/aromatic N) is 4. The molecule has 2 atom stereocenters. The minimum absolute atomic E-state index is 0.0399. The first kappa shape index (κ1) is 42.3. The number of aromatic nitrogens is 2. The van der Waals surface area contributed by atoms with Gasteiger partial charge in [-0.2, -0.15) is 30.9 Å². The maximum atomic E-state index is 14.2. The van der Waals surface area contributed by atoms with E-state index in [-0.39, 0.29) is 17.4 Å². The van der Waals surface area contributed by atoms with Gasteiger partial charge in [0.05, 0.1) is 11.5 Å². The van der Waals surface area contributed by atoms with E-state index in [9.17, 15) is 40.8 Å². The number of ether oxygens (including phenoxy) is 2. The minimum Gasteiger partial charge on any atom is -0.427 e. The lowest BCUT2D eigenvalue weighted by molar-refractivity contribution is -0.174. The van der Waals surface area contributed by atoms with Crippen molar-refractivity contribution in [2.45, 2.75) is 56.8 Å². The molecule has 3 heterocycles. The number of fused-ring (bicyclic) bond motifs is 1. The van der Waals surface area contributed by atoms with Crippen LogP contribution in [0.3, 0.4) is 0 Å². The molecule has 3 aromatic carbocycles. The molecular weight excluding hydrogens is 822 g/mol. The molecule has 16 nitrogen and oxygen atoms in total. The van der Waals surface area contributed by atoms with E-state index >= 15 is 0 Å². The second-order valence-electron chi connectivity index (χ2n) is 14.0. The maximum Gasteiger partial charge on any atom is 0.534 e. The summed E-state index contributed by atoms with van der Waals surface area (Å²) < 4.78 is 82.4. The molecule has 1 fully saturated rings. The van der Waals surface area contributed by atoms with Crippen molar-refractivity contribution < 1.29 is 59.3 Å². The van der Waals surface area contributed by atoms with Crippen LogP contribution in [0.2, 0.25) is 0 Å². The van der Waals surface area contributed by atoms with Crippen LogP contribution in [0.25, 0.3) is 0 Å². The molecule has 2 amide bonds. The Morgan fingerprint density at radius 1 is 0.915 bits per heavy atom. The fraction of sp³-hybridized carbons (Fsp3) is 0.289. The Labute approximate surface area is 339 Å². The van der Waals surface area contributed by atoms with Crippen molar-refractivity contribution in [1.82, 2.24) is 19.6 Å². The lowest BCUT2D eigenvalue weighted by atomic mass is 9.80. The number of hydrogen-bond donors (Lipinski definition) is 2. The number of hydrogen-bond acceptors (Lipinski definition) is 15. The predicted octanol–water partition coefficient (Wildman–Crippen LogP) is 4.49. The van der Waals surface area contributed by atoms with Crippen LogP contribution in [-0.2, 0) is 53.4 Å². The number of amides is 2. The van der Waals surface area contributed by atoms with Crippen LogP contribution in [0.5, 0.6) is 0 Å². The Kier molecular flexibility index (Phi) is 11.8. The van der Waals surface area contributed by atoms with E-state index in [4.69, 9.17) is 20.0 Å². The zero-order chi connectivity index (χ0) is 42.8. The molecule has 2 unspecified atom stereocenters. The van der Waals surface area contributed by atoms with Crippen molar-refractivity contribution in [3.63, 3.8) is 0 Å². The highest BCUT2D eigenvalue weighted by Gasteiger charge is 2.57. The fourth-order valence-corrected chi connectivity index (χ4v) is 7.17. The van der Waals surface area contributed by atoms with Gasteiger partial charge in [-0.25, -0.2) is 4.79 Å². The second kappa shape index (κ2) is 16.5. The predicted molar refractivity (Wildman–Crippen MR) is 203 cm³/mol. The van der Waals surface area contributed by atoms with E-state index in [1.54, 1.807) is 36.4 Å². The highest BCUT2D eigenvalue weighted by molar-refractivity contribution is 7.87. The highest BCUT2D eigenvalue weighted by Crippen LogP contribution is 2.42. The summed E-state index contributed by atoms with van der Waals surface area (Å²) in [6.07, 6.45) is -0.927. The summed E-state index contributed by atoms with van der Waals surface area (Å²) in [5, 5.41) is 6.79. The second-order valence-corrected chi connectivity index (χ2v) is 16.3. The molecule has 2 aliphatic heterocycles. The number of rotatable bonds is 13. The fourth-order valence-electron chi connectivity index (χ4n) is 6.22. The zero-order valence-electron chi connectivity index (χ0n) is 31.3. The lowest BCUT2D eigenvalue weighted by Gasteiger charge is -2.49. The molecule has 6 rings (SSSR count). The quantitative estimate of drug-likeness (QED) is 0.0277. The van der Waals surface area contributed by atoms with Gasteiger partial charge in [-0.1, -0.05) is 96.2 Å². The van der Waals surface area contributed by atoms with Gasteiger partial charge < -0.3 is 29.5 Å². The van der Waals surface area contributed by atoms with Gasteiger partial charge in [0.15, 0.2) is 16.6 Å². The summed E-state index contributed by atoms with van der Waals surface area (Å²) in [5.74, 6) is -5.80. The van der Waals surface area contributed by atoms with E-state index in [0.29, 0.717) is 21.6 Å². The van der Waals surface area contributed by atoms with Gasteiger partial charge in [0.1, 0.15) is 6.04 Å². The standard InChI is InChI=1S/C38H35F3N6O10S2/c1-36(2,3)34(51)55-21-54-33(50)29-26(56-59(52,53)38(39,40)41)20-19-25-27(32(49)47(25)29)43-31(48)28(30-44-35(42)58-46-30)45-57-37(22-13-7-4-8-14-22,23-15-9-5-10-16-23)24-17-11-6-12-18-24/h4-18,25,27H,19-21H2,1-3H3,(H,43,48)(H2,42,44,46). The van der Waals surface area contributed by atoms with E-state index in [1.165, 1.54) is 20.8 Å². The molecular formula is C38H35F3N6O10S2. The Morgan fingerprint density at radius 3 is 1.93 bits per heavy atom. The van der Waals surface area contributed by atoms with Gasteiger partial charge in [0.2, 0.25) is 23.9 Å². The van der Waals surface area contributed by atoms with Crippen molar-refractivity contribution in [2.75, 3.05) is 12.5 Å². The first-order valence-corrected chi connectivity index (χ1v) is 19.8. The average molecular weight is 857 g/mol. The number of alkyl halides is 3. The largest absolute Gasteiger partial charge is 0.534 e. The molecule has 2 aliphatic rings. The molecule has 0 spiro atoms. The number of nitrogens with one attached hydrogen (secondary N) is 1. The normalized spacial score (nSPS) is 17.4. The third-order valence-corrected chi connectivity index (χ3v) is 10.6. The minimum atomic E-state index is -6.31. The van der Waals surface area contributed by atoms with Crippen molar-refractivity contribution in [2.24, 2.45) is 10.6 Å². The van der Waals surface area contributed by atoms with E-state index < -0.39 is 92.9 Å². The average Bonchev–Trinajstić information content (AvgIpc) is 3.63. The number of anilines is 1. The summed E-state index contributed by atoms with van der Waals surface area (Å²) in [6.45, 7) is 3.46. The molecule has 0 bridgehead atoms. The van der Waals surface area contributed by atoms with Crippen LogP contribution in [0.15, 0.2) is 108 Å². The topological polar surface area (TPSA) is 219 Å². The number of esters is 2. The molecule has 21 heteroatoms. The Morgan fingerprint density at radius 2 is 1.46 bits per heavy atom. The number of carbonyl (C=O) groups is 4. The molecule has 4 aromatic rings. The Hall–Kier alpha value is -6.35. The van der Waals surface area contributed by atoms with Gasteiger partial charge in [-0.05, 0) is 27.2 Å². The summed E-state index contributed by atoms with van der Waals surface area (Å²) in [4.78, 5) is 64.6. The number of nitrogens with two attached hydrogens (primary N) is 1. The molecule has 0 aliphatic carbocycles. The molecule has 310 valence electrons. The molecule has 3 N–H and O–H groups in total.